The van der Waals surface area contributed by atoms with Crippen LogP contribution in [0.1, 0.15) is 39.2 Å². The Labute approximate surface area is 229 Å². The number of imidazole rings is 1. The van der Waals surface area contributed by atoms with Crippen LogP contribution in [0.2, 0.25) is 0 Å². The Balaban J connectivity index is 1.19. The van der Waals surface area contributed by atoms with E-state index in [1.807, 2.05) is 31.6 Å². The van der Waals surface area contributed by atoms with Crippen molar-refractivity contribution < 1.29 is 22.7 Å². The summed E-state index contributed by atoms with van der Waals surface area (Å²) >= 11 is 0. The zero-order chi connectivity index (χ0) is 27.4. The van der Waals surface area contributed by atoms with Gasteiger partial charge in [-0.05, 0) is 72.9 Å². The summed E-state index contributed by atoms with van der Waals surface area (Å²) in [5.41, 5.74) is 4.87. The van der Waals surface area contributed by atoms with E-state index in [1.54, 1.807) is 49.6 Å². The number of aromatic nitrogens is 2. The first-order valence-corrected chi connectivity index (χ1v) is 14.7. The van der Waals surface area contributed by atoms with Gasteiger partial charge < -0.3 is 14.0 Å². The SMILES string of the molecule is COc1ccc(Cc2cncn2CCOc2ccc3c(c2)CCC(CS(=O)(=O)c2ccccc2)C3=O)cc1C. The van der Waals surface area contributed by atoms with Crippen molar-refractivity contribution in [3.63, 3.8) is 0 Å². The fraction of sp³-hybridized carbons (Fsp3) is 0.290. The van der Waals surface area contributed by atoms with Gasteiger partial charge in [-0.2, -0.15) is 0 Å². The highest BCUT2D eigenvalue weighted by molar-refractivity contribution is 7.91. The van der Waals surface area contributed by atoms with E-state index in [0.717, 1.165) is 29.0 Å². The van der Waals surface area contributed by atoms with E-state index in [-0.39, 0.29) is 16.4 Å². The summed E-state index contributed by atoms with van der Waals surface area (Å²) in [5.74, 6) is 0.754. The normalized spacial score (nSPS) is 15.1. The third kappa shape index (κ3) is 6.06. The fourth-order valence-corrected chi connectivity index (χ4v) is 6.77. The fourth-order valence-electron chi connectivity index (χ4n) is 5.15. The number of carbonyl (C=O) groups excluding carboxylic acids is 1. The molecule has 1 aliphatic rings. The van der Waals surface area contributed by atoms with Gasteiger partial charge in [0.1, 0.15) is 18.1 Å². The Morgan fingerprint density at radius 3 is 2.64 bits per heavy atom. The van der Waals surface area contributed by atoms with Crippen LogP contribution in [0.15, 0.2) is 84.1 Å². The van der Waals surface area contributed by atoms with Crippen molar-refractivity contribution in [2.24, 2.45) is 5.92 Å². The number of hydrogen-bond acceptors (Lipinski definition) is 6. The summed E-state index contributed by atoms with van der Waals surface area (Å²) in [6, 6.07) is 20.0. The van der Waals surface area contributed by atoms with Gasteiger partial charge in [0.2, 0.25) is 0 Å². The molecular weight excluding hydrogens is 512 g/mol. The molecule has 0 bridgehead atoms. The molecule has 1 aromatic heterocycles. The zero-order valence-corrected chi connectivity index (χ0v) is 23.0. The Kier molecular flexibility index (Phi) is 7.84. The van der Waals surface area contributed by atoms with Crippen molar-refractivity contribution in [2.45, 2.75) is 37.6 Å². The maximum absolute atomic E-state index is 13.1. The second-order valence-electron chi connectivity index (χ2n) is 9.92. The number of sulfone groups is 1. The molecule has 0 fully saturated rings. The molecule has 8 heteroatoms. The standard InChI is InChI=1S/C31H32N2O5S/c1-22-16-23(8-13-30(22)37-2)17-26-19-32-21-33(26)14-15-38-27-11-12-29-24(18-27)9-10-25(31(29)34)20-39(35,36)28-6-4-3-5-7-28/h3-8,11-13,16,18-19,21,25H,9-10,14-15,17,20H2,1-2H3. The summed E-state index contributed by atoms with van der Waals surface area (Å²) < 4.78 is 39.1. The Morgan fingerprint density at radius 2 is 1.87 bits per heavy atom. The summed E-state index contributed by atoms with van der Waals surface area (Å²) in [6.07, 6.45) is 5.58. The number of aryl methyl sites for hydroxylation is 2. The number of carbonyl (C=O) groups is 1. The largest absolute Gasteiger partial charge is 0.496 e. The average molecular weight is 545 g/mol. The molecule has 7 nitrogen and oxygen atoms in total. The Hall–Kier alpha value is -3.91. The number of fused-ring (bicyclic) bond motifs is 1. The molecule has 1 atom stereocenters. The van der Waals surface area contributed by atoms with Crippen molar-refractivity contribution in [2.75, 3.05) is 19.5 Å². The molecule has 4 aromatic rings. The van der Waals surface area contributed by atoms with Crippen molar-refractivity contribution in [3.05, 3.63) is 107 Å². The zero-order valence-electron chi connectivity index (χ0n) is 22.2. The number of nitrogens with zero attached hydrogens (tertiary/aromatic N) is 2. The van der Waals surface area contributed by atoms with Crippen LogP contribution in [0.3, 0.4) is 0 Å². The lowest BCUT2D eigenvalue weighted by Crippen LogP contribution is -2.29. The third-order valence-corrected chi connectivity index (χ3v) is 9.07. The van der Waals surface area contributed by atoms with Crippen LogP contribution in [0.5, 0.6) is 11.5 Å². The molecule has 0 amide bonds. The lowest BCUT2D eigenvalue weighted by atomic mass is 9.83. The molecule has 0 radical (unpaired) electrons. The minimum Gasteiger partial charge on any atom is -0.496 e. The van der Waals surface area contributed by atoms with E-state index in [2.05, 4.69) is 21.7 Å². The van der Waals surface area contributed by atoms with Crippen LogP contribution in [0.4, 0.5) is 0 Å². The van der Waals surface area contributed by atoms with E-state index < -0.39 is 15.8 Å². The smallest absolute Gasteiger partial charge is 0.179 e. The van der Waals surface area contributed by atoms with E-state index >= 15 is 0 Å². The molecule has 0 N–H and O–H groups in total. The van der Waals surface area contributed by atoms with Gasteiger partial charge in [-0.3, -0.25) is 4.79 Å². The first-order chi connectivity index (χ1) is 18.8. The van der Waals surface area contributed by atoms with Crippen LogP contribution in [-0.2, 0) is 29.2 Å². The molecule has 5 rings (SSSR count). The van der Waals surface area contributed by atoms with Gasteiger partial charge in [0, 0.05) is 29.8 Å². The predicted octanol–water partition coefficient (Wildman–Crippen LogP) is 5.09. The molecule has 1 unspecified atom stereocenters. The van der Waals surface area contributed by atoms with Crippen molar-refractivity contribution in [3.8, 4) is 11.5 Å². The molecule has 1 aliphatic carbocycles. The summed E-state index contributed by atoms with van der Waals surface area (Å²) in [4.78, 5) is 17.7. The van der Waals surface area contributed by atoms with Crippen LogP contribution < -0.4 is 9.47 Å². The molecular formula is C31H32N2O5S. The quantitative estimate of drug-likeness (QED) is 0.276. The van der Waals surface area contributed by atoms with Crippen LogP contribution in [-0.4, -0.2) is 43.2 Å². The van der Waals surface area contributed by atoms with Gasteiger partial charge in [0.15, 0.2) is 15.6 Å². The molecule has 0 saturated heterocycles. The van der Waals surface area contributed by atoms with Crippen molar-refractivity contribution in [1.82, 2.24) is 9.55 Å². The second-order valence-corrected chi connectivity index (χ2v) is 12.0. The number of rotatable bonds is 10. The second kappa shape index (κ2) is 11.5. The maximum Gasteiger partial charge on any atom is 0.179 e. The van der Waals surface area contributed by atoms with Crippen LogP contribution in [0.25, 0.3) is 0 Å². The summed E-state index contributed by atoms with van der Waals surface area (Å²) in [5, 5.41) is 0. The topological polar surface area (TPSA) is 87.5 Å². The van der Waals surface area contributed by atoms with Gasteiger partial charge in [-0.1, -0.05) is 30.3 Å². The molecule has 202 valence electrons. The lowest BCUT2D eigenvalue weighted by molar-refractivity contribution is 0.0915. The van der Waals surface area contributed by atoms with Crippen molar-refractivity contribution in [1.29, 1.82) is 0 Å². The third-order valence-electron chi connectivity index (χ3n) is 7.24. The molecule has 0 spiro atoms. The maximum atomic E-state index is 13.1. The van der Waals surface area contributed by atoms with E-state index in [0.29, 0.717) is 37.3 Å². The number of hydrogen-bond donors (Lipinski definition) is 0. The Bertz CT molecular complexity index is 1580. The number of ether oxygens (including phenoxy) is 2. The average Bonchev–Trinajstić information content (AvgIpc) is 3.37. The monoisotopic (exact) mass is 544 g/mol. The first kappa shape index (κ1) is 26.7. The molecule has 39 heavy (non-hydrogen) atoms. The number of Topliss-reactive ketones (excluding diaryl/α,β-unsaturated/α-hetero) is 1. The number of benzene rings is 3. The lowest BCUT2D eigenvalue weighted by Gasteiger charge is -2.24. The highest BCUT2D eigenvalue weighted by Crippen LogP contribution is 2.31. The highest BCUT2D eigenvalue weighted by atomic mass is 32.2. The van der Waals surface area contributed by atoms with Crippen LogP contribution in [0, 0.1) is 12.8 Å². The van der Waals surface area contributed by atoms with Gasteiger partial charge in [-0.15, -0.1) is 0 Å². The molecule has 3 aromatic carbocycles. The van der Waals surface area contributed by atoms with Gasteiger partial charge in [0.05, 0.1) is 30.6 Å². The minimum absolute atomic E-state index is 0.112. The highest BCUT2D eigenvalue weighted by Gasteiger charge is 2.32. The molecule has 0 saturated carbocycles. The van der Waals surface area contributed by atoms with Gasteiger partial charge in [0.25, 0.3) is 0 Å². The van der Waals surface area contributed by atoms with Gasteiger partial charge in [-0.25, -0.2) is 13.4 Å². The van der Waals surface area contributed by atoms with E-state index in [9.17, 15) is 13.2 Å². The predicted molar refractivity (Wildman–Crippen MR) is 149 cm³/mol. The Morgan fingerprint density at radius 1 is 1.05 bits per heavy atom. The first-order valence-electron chi connectivity index (χ1n) is 13.0. The molecule has 0 aliphatic heterocycles. The number of methoxy groups -OCH3 is 1. The number of ketones is 1. The summed E-state index contributed by atoms with van der Waals surface area (Å²) in [7, 11) is -1.85. The van der Waals surface area contributed by atoms with Crippen molar-refractivity contribution >= 4 is 15.6 Å². The minimum atomic E-state index is -3.52. The summed E-state index contributed by atoms with van der Waals surface area (Å²) in [6.45, 7) is 3.13. The van der Waals surface area contributed by atoms with Gasteiger partial charge >= 0.3 is 0 Å². The molecule has 1 heterocycles. The van der Waals surface area contributed by atoms with Crippen LogP contribution >= 0.6 is 0 Å². The van der Waals surface area contributed by atoms with E-state index in [1.165, 1.54) is 5.56 Å². The van der Waals surface area contributed by atoms with E-state index in [4.69, 9.17) is 9.47 Å².